The number of hydrogen-bond acceptors (Lipinski definition) is 8. The van der Waals surface area contributed by atoms with Crippen molar-refractivity contribution in [1.82, 2.24) is 36.0 Å². The largest absolute Gasteiger partial charge is 0.403 e. The quantitative estimate of drug-likeness (QED) is 0.234. The number of ether oxygens (including phenoxy) is 1. The third-order valence-electron chi connectivity index (χ3n) is 13.4. The van der Waals surface area contributed by atoms with Crippen LogP contribution >= 0.6 is 23.2 Å². The van der Waals surface area contributed by atoms with Gasteiger partial charge in [0.2, 0.25) is 41.4 Å². The van der Waals surface area contributed by atoms with Crippen molar-refractivity contribution in [3.63, 3.8) is 0 Å². The van der Waals surface area contributed by atoms with Gasteiger partial charge in [0.15, 0.2) is 0 Å². The van der Waals surface area contributed by atoms with Gasteiger partial charge in [0.1, 0.15) is 47.3 Å². The summed E-state index contributed by atoms with van der Waals surface area (Å²) in [6.07, 6.45) is -7.94. The van der Waals surface area contributed by atoms with E-state index in [4.69, 9.17) is 27.9 Å². The first-order chi connectivity index (χ1) is 30.8. The summed E-state index contributed by atoms with van der Waals surface area (Å²) >= 11 is 12.8. The number of amides is 7. The highest BCUT2D eigenvalue weighted by atomic mass is 35.5. The maximum Gasteiger partial charge on any atom is 0.403 e. The van der Waals surface area contributed by atoms with E-state index in [1.807, 2.05) is 13.8 Å². The van der Waals surface area contributed by atoms with Gasteiger partial charge in [0.25, 0.3) is 0 Å². The average Bonchev–Trinajstić information content (AvgIpc) is 3.85. The molecule has 2 saturated heterocycles. The van der Waals surface area contributed by atoms with Crippen LogP contribution in [0.2, 0.25) is 10.0 Å². The molecule has 4 fully saturated rings. The van der Waals surface area contributed by atoms with Gasteiger partial charge in [-0.3, -0.25) is 33.6 Å². The van der Waals surface area contributed by atoms with E-state index in [1.165, 1.54) is 40.0 Å². The zero-order chi connectivity index (χ0) is 49.1. The maximum atomic E-state index is 15.1. The Hall–Kier alpha value is -4.23. The van der Waals surface area contributed by atoms with Crippen LogP contribution in [0.3, 0.4) is 0 Å². The van der Waals surface area contributed by atoms with Gasteiger partial charge in [-0.05, 0) is 107 Å². The molecule has 0 radical (unpaired) electrons. The van der Waals surface area contributed by atoms with Crippen LogP contribution in [0.15, 0.2) is 18.2 Å². The molecule has 4 N–H and O–H groups in total. The molecular formula is C45H63Cl2F4N7O8. The van der Waals surface area contributed by atoms with Gasteiger partial charge >= 0.3 is 6.18 Å². The van der Waals surface area contributed by atoms with Gasteiger partial charge in [0.05, 0.1) is 12.6 Å². The fourth-order valence-electron chi connectivity index (χ4n) is 9.25. The molecule has 66 heavy (non-hydrogen) atoms. The smallest absolute Gasteiger partial charge is 0.381 e. The van der Waals surface area contributed by atoms with E-state index in [9.17, 15) is 46.7 Å². The van der Waals surface area contributed by atoms with Crippen molar-refractivity contribution in [3.05, 3.63) is 33.8 Å². The number of carbonyl (C=O) groups excluding carboxylic acids is 7. The number of likely N-dealkylation sites (tertiary alicyclic amines) is 1. The third-order valence-corrected chi connectivity index (χ3v) is 14.0. The number of carbonyl (C=O) groups is 7. The Bertz CT molecular complexity index is 2010. The Morgan fingerprint density at radius 3 is 2.32 bits per heavy atom. The molecule has 0 bridgehead atoms. The lowest BCUT2D eigenvalue weighted by molar-refractivity contribution is -0.228. The topological polar surface area (TPSA) is 187 Å². The summed E-state index contributed by atoms with van der Waals surface area (Å²) < 4.78 is 64.2. The van der Waals surface area contributed by atoms with Crippen molar-refractivity contribution in [2.45, 2.75) is 153 Å². The molecule has 5 rings (SSSR count). The fourth-order valence-corrected chi connectivity index (χ4v) is 9.64. The minimum Gasteiger partial charge on any atom is -0.381 e. The number of methoxy groups -OCH3 is 1. The normalized spacial score (nSPS) is 28.7. The zero-order valence-electron chi connectivity index (χ0n) is 38.5. The van der Waals surface area contributed by atoms with E-state index in [0.717, 1.165) is 4.90 Å². The Morgan fingerprint density at radius 2 is 1.71 bits per heavy atom. The van der Waals surface area contributed by atoms with Crippen LogP contribution in [-0.4, -0.2) is 145 Å². The molecule has 21 heteroatoms. The molecule has 0 aromatic heterocycles. The zero-order valence-corrected chi connectivity index (χ0v) is 40.0. The lowest BCUT2D eigenvalue weighted by Gasteiger charge is -2.37. The van der Waals surface area contributed by atoms with Crippen LogP contribution in [0.1, 0.15) is 97.5 Å². The summed E-state index contributed by atoms with van der Waals surface area (Å²) in [5, 5.41) is 11.6. The highest BCUT2D eigenvalue weighted by molar-refractivity contribution is 6.33. The highest BCUT2D eigenvalue weighted by Gasteiger charge is 2.65. The second kappa shape index (κ2) is 21.4. The Labute approximate surface area is 393 Å². The Balaban J connectivity index is 1.42. The minimum absolute atomic E-state index is 0.0418. The number of halogens is 6. The number of likely N-dealkylation sites (N-methyl/N-ethyl adjacent to an activating group) is 2. The third kappa shape index (κ3) is 12.1. The molecule has 2 aliphatic carbocycles. The van der Waals surface area contributed by atoms with E-state index >= 15 is 4.39 Å². The minimum atomic E-state index is -5.01. The maximum absolute atomic E-state index is 15.1. The van der Waals surface area contributed by atoms with E-state index in [-0.39, 0.29) is 49.6 Å². The molecule has 0 unspecified atom stereocenters. The lowest BCUT2D eigenvalue weighted by atomic mass is 9.83. The van der Waals surface area contributed by atoms with Gasteiger partial charge in [-0.25, -0.2) is 4.39 Å². The fraction of sp³-hybridized carbons (Fsp3) is 0.711. The summed E-state index contributed by atoms with van der Waals surface area (Å²) in [4.78, 5) is 102. The number of nitrogens with zero attached hydrogens (tertiary/aromatic N) is 3. The number of hydrogen-bond donors (Lipinski definition) is 4. The number of nitrogens with one attached hydrogen (secondary N) is 4. The van der Waals surface area contributed by atoms with Crippen LogP contribution in [0.25, 0.3) is 0 Å². The van der Waals surface area contributed by atoms with Crippen LogP contribution in [0, 0.1) is 17.3 Å². The molecule has 7 amide bonds. The second-order valence-corrected chi connectivity index (χ2v) is 20.1. The molecule has 0 spiro atoms. The molecule has 1 aromatic rings. The van der Waals surface area contributed by atoms with Crippen LogP contribution in [0.5, 0.6) is 0 Å². The molecule has 1 aromatic carbocycles. The molecule has 2 heterocycles. The molecule has 4 aliphatic rings. The number of alkyl halides is 4. The van der Waals surface area contributed by atoms with Gasteiger partial charge in [-0.1, -0.05) is 37.0 Å². The van der Waals surface area contributed by atoms with Crippen LogP contribution in [0.4, 0.5) is 17.6 Å². The highest BCUT2D eigenvalue weighted by Crippen LogP contribution is 2.53. The predicted molar refractivity (Wildman–Crippen MR) is 237 cm³/mol. The van der Waals surface area contributed by atoms with E-state index < -0.39 is 133 Å². The lowest BCUT2D eigenvalue weighted by Crippen LogP contribution is -2.62. The summed E-state index contributed by atoms with van der Waals surface area (Å²) in [6.45, 7) is 6.11. The van der Waals surface area contributed by atoms with Crippen molar-refractivity contribution in [2.24, 2.45) is 17.3 Å². The monoisotopic (exact) mass is 975 g/mol. The first kappa shape index (κ1) is 52.7. The van der Waals surface area contributed by atoms with Crippen molar-refractivity contribution in [2.75, 3.05) is 34.3 Å². The molecule has 2 saturated carbocycles. The van der Waals surface area contributed by atoms with Crippen molar-refractivity contribution in [3.8, 4) is 0 Å². The number of benzene rings is 1. The SMILES string of the molecule is CO[C@@H]1CC[C@](C(=O)N2C[C@H](F)C[C@H]2C(=O)N[C@H](C(=O)N(C)[C@H]2CCCCNC(=O)C(C)(C)NC(=O)[C@H](Cc3cc(Cl)ccc3Cl)N(C)C(=O)[C@H](CC(C)C)NC2=O)C2CC2)(C(F)(F)F)C1. The molecule has 368 valence electrons. The first-order valence-corrected chi connectivity index (χ1v) is 23.3. The first-order valence-electron chi connectivity index (χ1n) is 22.5. The Kier molecular flexibility index (Phi) is 17.1. The van der Waals surface area contributed by atoms with E-state index in [1.54, 1.807) is 18.2 Å². The van der Waals surface area contributed by atoms with Gasteiger partial charge in [0, 0.05) is 50.6 Å². The number of rotatable bonds is 11. The molecular weight excluding hydrogens is 913 g/mol. The Morgan fingerprint density at radius 1 is 1.03 bits per heavy atom. The van der Waals surface area contributed by atoms with Crippen molar-refractivity contribution >= 4 is 64.6 Å². The van der Waals surface area contributed by atoms with Crippen molar-refractivity contribution in [1.29, 1.82) is 0 Å². The van der Waals surface area contributed by atoms with Gasteiger partial charge < -0.3 is 40.7 Å². The molecule has 15 nitrogen and oxygen atoms in total. The summed E-state index contributed by atoms with van der Waals surface area (Å²) in [5.41, 5.74) is -3.87. The summed E-state index contributed by atoms with van der Waals surface area (Å²) in [6, 6.07) is -1.94. The molecule has 8 atom stereocenters. The van der Waals surface area contributed by atoms with E-state index in [2.05, 4.69) is 21.3 Å². The predicted octanol–water partition coefficient (Wildman–Crippen LogP) is 4.50. The van der Waals surface area contributed by atoms with Crippen LogP contribution < -0.4 is 21.3 Å². The standard InChI is InChI=1S/C45H63Cl2F4N7O8/c1-24(2)18-31-39(62)57(6)33(20-26-19-27(46)13-14-30(26)47)38(61)55-43(3,4)41(64)52-17-9-8-10-32(36(59)53-31)56(5)40(63)35(25-11-12-25)54-37(60)34-21-28(48)23-58(34)42(65)44(45(49,50)51)16-15-29(22-44)66-7/h13-14,19,24-25,28-29,31-35H,8-12,15-18,20-23H2,1-7H3,(H,52,64)(H,53,59)(H,54,60)(H,55,61)/t28-,29-,31+,32+,33+,34+,35+,44+/m1/s1. The van der Waals surface area contributed by atoms with Crippen LogP contribution in [-0.2, 0) is 44.7 Å². The van der Waals surface area contributed by atoms with Gasteiger partial charge in [-0.15, -0.1) is 0 Å². The summed E-state index contributed by atoms with van der Waals surface area (Å²) in [7, 11) is 4.00. The molecule has 2 aliphatic heterocycles. The van der Waals surface area contributed by atoms with Crippen molar-refractivity contribution < 1.29 is 55.9 Å². The average molecular weight is 977 g/mol. The summed E-state index contributed by atoms with van der Waals surface area (Å²) in [5.74, 6) is -6.27. The van der Waals surface area contributed by atoms with Gasteiger partial charge in [-0.2, -0.15) is 13.2 Å². The van der Waals surface area contributed by atoms with E-state index in [0.29, 0.717) is 34.7 Å². The second-order valence-electron chi connectivity index (χ2n) is 19.2.